The van der Waals surface area contributed by atoms with E-state index >= 15 is 0 Å². The van der Waals surface area contributed by atoms with E-state index in [1.165, 1.54) is 16.3 Å². The van der Waals surface area contributed by atoms with Crippen molar-refractivity contribution in [2.24, 2.45) is 7.05 Å². The van der Waals surface area contributed by atoms with E-state index in [9.17, 15) is 9.59 Å². The number of aromatic nitrogens is 3. The largest absolute Gasteiger partial charge is 0.399 e. The number of amides is 1. The highest BCUT2D eigenvalue weighted by molar-refractivity contribution is 7.99. The number of rotatable bonds is 4. The molecule has 1 amide bonds. The van der Waals surface area contributed by atoms with Crippen LogP contribution in [0.25, 0.3) is 0 Å². The molecule has 0 aliphatic heterocycles. The van der Waals surface area contributed by atoms with Crippen LogP contribution in [0.15, 0.2) is 33.0 Å². The maximum absolute atomic E-state index is 12.0. The van der Waals surface area contributed by atoms with Gasteiger partial charge < -0.3 is 11.1 Å². The second-order valence-corrected chi connectivity index (χ2v) is 5.10. The molecule has 0 unspecified atom stereocenters. The Labute approximate surface area is 119 Å². The van der Waals surface area contributed by atoms with Crippen LogP contribution in [0.3, 0.4) is 0 Å². The Morgan fingerprint density at radius 1 is 1.55 bits per heavy atom. The highest BCUT2D eigenvalue weighted by Gasteiger charge is 2.15. The Kier molecular flexibility index (Phi) is 4.14. The van der Waals surface area contributed by atoms with Crippen LogP contribution >= 0.6 is 11.8 Å². The van der Waals surface area contributed by atoms with Crippen molar-refractivity contribution in [2.45, 2.75) is 17.0 Å². The minimum atomic E-state index is -0.309. The standard InChI is InChI=1S/C12H15N5O2S/c1-3-14-10(18)8-5-4-7(13)6-9(8)20-12-16-15-11(19)17(12)2/h4-6H,3,13H2,1-2H3,(H,14,18)(H,15,19). The van der Waals surface area contributed by atoms with Crippen LogP contribution in [0.1, 0.15) is 17.3 Å². The molecule has 0 bridgehead atoms. The number of benzene rings is 1. The van der Waals surface area contributed by atoms with Crippen LogP contribution in [0.5, 0.6) is 0 Å². The maximum atomic E-state index is 12.0. The van der Waals surface area contributed by atoms with Crippen molar-refractivity contribution in [1.82, 2.24) is 20.1 Å². The van der Waals surface area contributed by atoms with E-state index in [0.29, 0.717) is 27.8 Å². The van der Waals surface area contributed by atoms with Crippen molar-refractivity contribution in [3.8, 4) is 0 Å². The Hall–Kier alpha value is -2.22. The molecule has 0 saturated carbocycles. The average Bonchev–Trinajstić information content (AvgIpc) is 2.71. The summed E-state index contributed by atoms with van der Waals surface area (Å²) < 4.78 is 1.37. The van der Waals surface area contributed by atoms with Gasteiger partial charge in [0, 0.05) is 24.2 Å². The maximum Gasteiger partial charge on any atom is 0.343 e. The van der Waals surface area contributed by atoms with Crippen molar-refractivity contribution in [3.63, 3.8) is 0 Å². The zero-order valence-corrected chi connectivity index (χ0v) is 12.0. The van der Waals surface area contributed by atoms with Crippen molar-refractivity contribution in [2.75, 3.05) is 12.3 Å². The third kappa shape index (κ3) is 2.85. The summed E-state index contributed by atoms with van der Waals surface area (Å²) in [7, 11) is 1.60. The number of hydrogen-bond acceptors (Lipinski definition) is 5. The highest BCUT2D eigenvalue weighted by atomic mass is 32.2. The molecule has 0 aliphatic carbocycles. The molecule has 0 atom stereocenters. The van der Waals surface area contributed by atoms with Crippen LogP contribution in [0.2, 0.25) is 0 Å². The fourth-order valence-corrected chi connectivity index (χ4v) is 2.56. The first-order valence-corrected chi connectivity index (χ1v) is 6.81. The molecule has 0 radical (unpaired) electrons. The highest BCUT2D eigenvalue weighted by Crippen LogP contribution is 2.29. The fourth-order valence-electron chi connectivity index (χ4n) is 1.59. The SMILES string of the molecule is CCNC(=O)c1ccc(N)cc1Sc1n[nH]c(=O)n1C. The zero-order chi connectivity index (χ0) is 14.7. The van der Waals surface area contributed by atoms with E-state index in [2.05, 4.69) is 15.5 Å². The molecule has 20 heavy (non-hydrogen) atoms. The Morgan fingerprint density at radius 3 is 2.90 bits per heavy atom. The monoisotopic (exact) mass is 293 g/mol. The number of carbonyl (C=O) groups excluding carboxylic acids is 1. The molecule has 1 heterocycles. The van der Waals surface area contributed by atoms with Crippen molar-refractivity contribution in [1.29, 1.82) is 0 Å². The van der Waals surface area contributed by atoms with Crippen molar-refractivity contribution >= 4 is 23.4 Å². The third-order valence-electron chi connectivity index (χ3n) is 2.63. The number of hydrogen-bond donors (Lipinski definition) is 3. The number of H-pyrrole nitrogens is 1. The molecule has 2 aromatic rings. The van der Waals surface area contributed by atoms with Gasteiger partial charge >= 0.3 is 5.69 Å². The quantitative estimate of drug-likeness (QED) is 0.715. The number of anilines is 1. The van der Waals surface area contributed by atoms with Gasteiger partial charge in [-0.25, -0.2) is 9.89 Å². The molecule has 8 heteroatoms. The molecule has 0 saturated heterocycles. The van der Waals surface area contributed by atoms with E-state index in [0.717, 1.165) is 0 Å². The summed E-state index contributed by atoms with van der Waals surface area (Å²) in [5, 5.41) is 9.45. The summed E-state index contributed by atoms with van der Waals surface area (Å²) in [6, 6.07) is 5.01. The van der Waals surface area contributed by atoms with Crippen molar-refractivity contribution in [3.05, 3.63) is 34.2 Å². The minimum Gasteiger partial charge on any atom is -0.399 e. The van der Waals surface area contributed by atoms with Crippen LogP contribution < -0.4 is 16.7 Å². The van der Waals surface area contributed by atoms with Gasteiger partial charge in [0.1, 0.15) is 0 Å². The summed E-state index contributed by atoms with van der Waals surface area (Å²) >= 11 is 1.21. The van der Waals surface area contributed by atoms with Gasteiger partial charge in [-0.2, -0.15) is 0 Å². The van der Waals surface area contributed by atoms with E-state index < -0.39 is 0 Å². The molecule has 7 nitrogen and oxygen atoms in total. The van der Waals surface area contributed by atoms with Crippen LogP contribution in [0.4, 0.5) is 5.69 Å². The lowest BCUT2D eigenvalue weighted by atomic mass is 10.2. The summed E-state index contributed by atoms with van der Waals surface area (Å²) in [6.45, 7) is 2.38. The number of nitrogen functional groups attached to an aromatic ring is 1. The van der Waals surface area contributed by atoms with Crippen LogP contribution in [-0.2, 0) is 7.05 Å². The lowest BCUT2D eigenvalue weighted by molar-refractivity contribution is 0.0953. The fraction of sp³-hybridized carbons (Fsp3) is 0.250. The van der Waals surface area contributed by atoms with E-state index in [4.69, 9.17) is 5.73 Å². The summed E-state index contributed by atoms with van der Waals surface area (Å²) in [5.41, 5.74) is 6.49. The number of nitrogens with one attached hydrogen (secondary N) is 2. The molecular formula is C12H15N5O2S. The van der Waals surface area contributed by atoms with Gasteiger partial charge in [-0.05, 0) is 36.9 Å². The van der Waals surface area contributed by atoms with Gasteiger partial charge in [0.05, 0.1) is 5.56 Å². The number of carbonyl (C=O) groups is 1. The van der Waals surface area contributed by atoms with Gasteiger partial charge in [0.2, 0.25) is 0 Å². The van der Waals surface area contributed by atoms with Crippen LogP contribution in [-0.4, -0.2) is 27.2 Å². The summed E-state index contributed by atoms with van der Waals surface area (Å²) in [6.07, 6.45) is 0. The van der Waals surface area contributed by atoms with Gasteiger partial charge in [-0.15, -0.1) is 5.10 Å². The molecule has 106 valence electrons. The average molecular weight is 293 g/mol. The first-order chi connectivity index (χ1) is 9.52. The lowest BCUT2D eigenvalue weighted by Crippen LogP contribution is -2.23. The first kappa shape index (κ1) is 14.2. The van der Waals surface area contributed by atoms with E-state index in [1.54, 1.807) is 25.2 Å². The Morgan fingerprint density at radius 2 is 2.30 bits per heavy atom. The smallest absolute Gasteiger partial charge is 0.343 e. The third-order valence-corrected chi connectivity index (χ3v) is 3.73. The molecular weight excluding hydrogens is 278 g/mol. The number of aromatic amines is 1. The van der Waals surface area contributed by atoms with Gasteiger partial charge in [-0.1, -0.05) is 0 Å². The Bertz CT molecular complexity index is 691. The van der Waals surface area contributed by atoms with Gasteiger partial charge in [-0.3, -0.25) is 9.36 Å². The molecule has 4 N–H and O–H groups in total. The van der Waals surface area contributed by atoms with E-state index in [-0.39, 0.29) is 11.6 Å². The molecule has 0 spiro atoms. The predicted octanol–water partition coefficient (Wildman–Crippen LogP) is 0.592. The molecule has 1 aromatic carbocycles. The summed E-state index contributed by atoms with van der Waals surface area (Å²) in [5.74, 6) is -0.185. The molecule has 0 aliphatic rings. The molecule has 2 rings (SSSR count). The van der Waals surface area contributed by atoms with Gasteiger partial charge in [0.25, 0.3) is 5.91 Å². The Balaban J connectivity index is 2.39. The second kappa shape index (κ2) is 5.83. The lowest BCUT2D eigenvalue weighted by Gasteiger charge is -2.09. The second-order valence-electron chi connectivity index (χ2n) is 4.09. The van der Waals surface area contributed by atoms with Gasteiger partial charge in [0.15, 0.2) is 5.16 Å². The minimum absolute atomic E-state index is 0.185. The van der Waals surface area contributed by atoms with Crippen LogP contribution in [0, 0.1) is 0 Å². The normalized spacial score (nSPS) is 10.5. The number of nitrogens with two attached hydrogens (primary N) is 1. The van der Waals surface area contributed by atoms with Crippen molar-refractivity contribution < 1.29 is 4.79 Å². The molecule has 0 fully saturated rings. The predicted molar refractivity (Wildman–Crippen MR) is 76.8 cm³/mol. The molecule has 1 aromatic heterocycles. The van der Waals surface area contributed by atoms with E-state index in [1.807, 2.05) is 6.92 Å². The topological polar surface area (TPSA) is 106 Å². The zero-order valence-electron chi connectivity index (χ0n) is 11.1. The first-order valence-electron chi connectivity index (χ1n) is 6.00. The number of nitrogens with zero attached hydrogens (tertiary/aromatic N) is 2. The summed E-state index contributed by atoms with van der Waals surface area (Å²) in [4.78, 5) is 24.0.